The van der Waals surface area contributed by atoms with Crippen LogP contribution in [0.3, 0.4) is 0 Å². The molecular weight excluding hydrogens is 260 g/mol. The van der Waals surface area contributed by atoms with Crippen LogP contribution in [0, 0.1) is 0 Å². The predicted octanol–water partition coefficient (Wildman–Crippen LogP) is 1.31. The monoisotopic (exact) mass is 276 g/mol. The molecule has 1 aromatic heterocycles. The van der Waals surface area contributed by atoms with Crippen molar-refractivity contribution in [3.05, 3.63) is 30.0 Å². The van der Waals surface area contributed by atoms with Crippen LogP contribution >= 0.6 is 0 Å². The molecule has 2 rings (SSSR count). The molecule has 0 unspecified atom stereocenters. The normalized spacial score (nSPS) is 12.1. The van der Waals surface area contributed by atoms with E-state index in [2.05, 4.69) is 10.3 Å². The zero-order chi connectivity index (χ0) is 14.7. The van der Waals surface area contributed by atoms with Gasteiger partial charge < -0.3 is 20.1 Å². The lowest BCUT2D eigenvalue weighted by Crippen LogP contribution is -2.39. The maximum Gasteiger partial charge on any atom is 0.325 e. The quantitative estimate of drug-likeness (QED) is 0.767. The van der Waals surface area contributed by atoms with Gasteiger partial charge in [0.05, 0.1) is 13.5 Å². The fourth-order valence-electron chi connectivity index (χ4n) is 2.06. The summed E-state index contributed by atoms with van der Waals surface area (Å²) < 4.78 is 5.28. The Morgan fingerprint density at radius 1 is 1.45 bits per heavy atom. The number of H-pyrrole nitrogens is 1. The zero-order valence-corrected chi connectivity index (χ0v) is 11.3. The van der Waals surface area contributed by atoms with Crippen LogP contribution < -0.4 is 10.1 Å². The first-order chi connectivity index (χ1) is 9.52. The van der Waals surface area contributed by atoms with Crippen molar-refractivity contribution >= 4 is 22.8 Å². The van der Waals surface area contributed by atoms with Crippen LogP contribution in [0.5, 0.6) is 5.75 Å². The van der Waals surface area contributed by atoms with Crippen molar-refractivity contribution in [2.24, 2.45) is 0 Å². The summed E-state index contributed by atoms with van der Waals surface area (Å²) in [5, 5.41) is 12.0. The summed E-state index contributed by atoms with van der Waals surface area (Å²) in [7, 11) is 1.57. The van der Waals surface area contributed by atoms with E-state index < -0.39 is 12.0 Å². The molecule has 0 aliphatic carbocycles. The van der Waals surface area contributed by atoms with E-state index in [4.69, 9.17) is 9.84 Å². The fraction of sp³-hybridized carbons (Fsp3) is 0.286. The Kier molecular flexibility index (Phi) is 3.93. The molecule has 0 radical (unpaired) electrons. The molecule has 0 fully saturated rings. The van der Waals surface area contributed by atoms with Crippen LogP contribution in [0.25, 0.3) is 10.9 Å². The van der Waals surface area contributed by atoms with Crippen molar-refractivity contribution in [1.29, 1.82) is 0 Å². The number of hydrogen-bond donors (Lipinski definition) is 3. The van der Waals surface area contributed by atoms with Crippen LogP contribution in [0.1, 0.15) is 12.5 Å². The van der Waals surface area contributed by atoms with Crippen molar-refractivity contribution in [2.75, 3.05) is 7.11 Å². The van der Waals surface area contributed by atoms with Crippen LogP contribution in [0.15, 0.2) is 24.4 Å². The van der Waals surface area contributed by atoms with Gasteiger partial charge in [-0.25, -0.2) is 0 Å². The molecule has 1 heterocycles. The van der Waals surface area contributed by atoms with Gasteiger partial charge >= 0.3 is 5.97 Å². The second-order valence-corrected chi connectivity index (χ2v) is 4.50. The Morgan fingerprint density at radius 2 is 2.20 bits per heavy atom. The van der Waals surface area contributed by atoms with Crippen LogP contribution in [-0.4, -0.2) is 35.1 Å². The van der Waals surface area contributed by atoms with Gasteiger partial charge in [0.15, 0.2) is 0 Å². The molecule has 3 N–H and O–H groups in total. The molecule has 1 amide bonds. The summed E-state index contributed by atoms with van der Waals surface area (Å²) in [6.45, 7) is 1.43. The molecule has 0 spiro atoms. The number of fused-ring (bicyclic) bond motifs is 1. The number of methoxy groups -OCH3 is 1. The van der Waals surface area contributed by atoms with Crippen molar-refractivity contribution < 1.29 is 19.4 Å². The molecule has 0 aliphatic heterocycles. The van der Waals surface area contributed by atoms with E-state index in [1.165, 1.54) is 6.92 Å². The number of rotatable bonds is 5. The number of carbonyl (C=O) groups is 2. The highest BCUT2D eigenvalue weighted by atomic mass is 16.5. The molecule has 6 nitrogen and oxygen atoms in total. The molecule has 6 heteroatoms. The van der Waals surface area contributed by atoms with Gasteiger partial charge in [0.1, 0.15) is 11.8 Å². The number of ether oxygens (including phenoxy) is 1. The predicted molar refractivity (Wildman–Crippen MR) is 73.8 cm³/mol. The summed E-state index contributed by atoms with van der Waals surface area (Å²) in [6.07, 6.45) is 1.83. The third kappa shape index (κ3) is 2.74. The lowest BCUT2D eigenvalue weighted by atomic mass is 10.1. The Morgan fingerprint density at radius 3 is 2.85 bits per heavy atom. The molecule has 1 aromatic carbocycles. The molecule has 106 valence electrons. The average Bonchev–Trinajstić information content (AvgIpc) is 2.81. The minimum atomic E-state index is -1.06. The number of aromatic amines is 1. The standard InChI is InChI=1S/C14H16N2O4/c1-8(14(18)19)16-12(17)6-9-7-15-10-4-3-5-11(20-2)13(9)10/h3-5,7-8,15H,6H2,1-2H3,(H,16,17)(H,18,19)/t8-/m0/s1. The van der Waals surface area contributed by atoms with Crippen molar-refractivity contribution in [1.82, 2.24) is 10.3 Å². The fourth-order valence-corrected chi connectivity index (χ4v) is 2.06. The molecular formula is C14H16N2O4. The van der Waals surface area contributed by atoms with Crippen molar-refractivity contribution in [2.45, 2.75) is 19.4 Å². The van der Waals surface area contributed by atoms with Gasteiger partial charge in [-0.2, -0.15) is 0 Å². The van der Waals surface area contributed by atoms with E-state index >= 15 is 0 Å². The molecule has 0 bridgehead atoms. The largest absolute Gasteiger partial charge is 0.496 e. The lowest BCUT2D eigenvalue weighted by Gasteiger charge is -2.09. The Bertz CT molecular complexity index is 648. The minimum absolute atomic E-state index is 0.0952. The van der Waals surface area contributed by atoms with Gasteiger partial charge in [-0.05, 0) is 24.6 Å². The topological polar surface area (TPSA) is 91.4 Å². The first kappa shape index (κ1) is 13.9. The summed E-state index contributed by atoms with van der Waals surface area (Å²) in [6, 6.07) is 4.65. The third-order valence-electron chi connectivity index (χ3n) is 3.07. The molecule has 0 saturated heterocycles. The number of amides is 1. The van der Waals surface area contributed by atoms with E-state index in [1.807, 2.05) is 18.2 Å². The van der Waals surface area contributed by atoms with E-state index in [-0.39, 0.29) is 12.3 Å². The zero-order valence-electron chi connectivity index (χ0n) is 11.3. The number of aliphatic carboxylic acids is 1. The SMILES string of the molecule is COc1cccc2[nH]cc(CC(=O)N[C@@H](C)C(=O)O)c12. The highest BCUT2D eigenvalue weighted by Gasteiger charge is 2.16. The highest BCUT2D eigenvalue weighted by molar-refractivity contribution is 5.93. The second-order valence-electron chi connectivity index (χ2n) is 4.50. The Balaban J connectivity index is 2.22. The summed E-state index contributed by atoms with van der Waals surface area (Å²) in [5.41, 5.74) is 1.64. The van der Waals surface area contributed by atoms with E-state index in [1.54, 1.807) is 13.3 Å². The third-order valence-corrected chi connectivity index (χ3v) is 3.07. The Hall–Kier alpha value is -2.50. The van der Waals surface area contributed by atoms with Crippen LogP contribution in [0.4, 0.5) is 0 Å². The number of carboxylic acids is 1. The van der Waals surface area contributed by atoms with Gasteiger partial charge in [0.2, 0.25) is 5.91 Å². The first-order valence-electron chi connectivity index (χ1n) is 6.18. The van der Waals surface area contributed by atoms with Gasteiger partial charge in [0.25, 0.3) is 0 Å². The van der Waals surface area contributed by atoms with E-state index in [9.17, 15) is 9.59 Å². The van der Waals surface area contributed by atoms with Crippen LogP contribution in [-0.2, 0) is 16.0 Å². The van der Waals surface area contributed by atoms with Crippen molar-refractivity contribution in [3.8, 4) is 5.75 Å². The second kappa shape index (κ2) is 5.64. The van der Waals surface area contributed by atoms with Crippen LogP contribution in [0.2, 0.25) is 0 Å². The Labute approximate surface area is 115 Å². The van der Waals surface area contributed by atoms with Gasteiger partial charge in [-0.15, -0.1) is 0 Å². The van der Waals surface area contributed by atoms with Gasteiger partial charge in [-0.3, -0.25) is 9.59 Å². The number of nitrogens with one attached hydrogen (secondary N) is 2. The number of carbonyl (C=O) groups excluding carboxylic acids is 1. The van der Waals surface area contributed by atoms with Gasteiger partial charge in [-0.1, -0.05) is 6.07 Å². The van der Waals surface area contributed by atoms with Gasteiger partial charge in [0, 0.05) is 17.1 Å². The number of benzene rings is 1. The number of aromatic nitrogens is 1. The molecule has 20 heavy (non-hydrogen) atoms. The summed E-state index contributed by atoms with van der Waals surface area (Å²) >= 11 is 0. The first-order valence-corrected chi connectivity index (χ1v) is 6.18. The minimum Gasteiger partial charge on any atom is -0.496 e. The molecule has 1 atom stereocenters. The molecule has 2 aromatic rings. The maximum absolute atomic E-state index is 11.8. The van der Waals surface area contributed by atoms with E-state index in [0.717, 1.165) is 16.5 Å². The van der Waals surface area contributed by atoms with Crippen molar-refractivity contribution in [3.63, 3.8) is 0 Å². The maximum atomic E-state index is 11.8. The summed E-state index contributed by atoms with van der Waals surface area (Å²) in [5.74, 6) is -0.723. The number of carboxylic acid groups (broad SMARTS) is 1. The highest BCUT2D eigenvalue weighted by Crippen LogP contribution is 2.28. The van der Waals surface area contributed by atoms with E-state index in [0.29, 0.717) is 5.75 Å². The lowest BCUT2D eigenvalue weighted by molar-refractivity contribution is -0.141. The molecule has 0 aliphatic rings. The smallest absolute Gasteiger partial charge is 0.325 e. The summed E-state index contributed by atoms with van der Waals surface area (Å²) in [4.78, 5) is 25.6. The number of hydrogen-bond acceptors (Lipinski definition) is 3. The average molecular weight is 276 g/mol. The molecule has 0 saturated carbocycles.